The van der Waals surface area contributed by atoms with Crippen LogP contribution in [0, 0.1) is 5.92 Å². The van der Waals surface area contributed by atoms with E-state index in [0.717, 1.165) is 5.76 Å². The molecule has 122 valence electrons. The molecule has 1 heterocycles. The van der Waals surface area contributed by atoms with Crippen LogP contribution < -0.4 is 5.32 Å². The maximum Gasteiger partial charge on any atom is 0.234 e. The number of hydrogen-bond acceptors (Lipinski definition) is 3. The Bertz CT molecular complexity index is 664. The second-order valence-corrected chi connectivity index (χ2v) is 7.58. The third kappa shape index (κ3) is 3.99. The Morgan fingerprint density at radius 1 is 1.26 bits per heavy atom. The molecular weight excluding hydrogens is 306 g/mol. The highest BCUT2D eigenvalue weighted by molar-refractivity contribution is 8.00. The summed E-state index contributed by atoms with van der Waals surface area (Å²) in [7, 11) is 0. The van der Waals surface area contributed by atoms with Crippen molar-refractivity contribution >= 4 is 17.7 Å². The number of thioether (sulfide) groups is 1. The number of furan rings is 1. The van der Waals surface area contributed by atoms with Crippen molar-refractivity contribution in [3.8, 4) is 0 Å². The van der Waals surface area contributed by atoms with E-state index in [-0.39, 0.29) is 17.1 Å². The molecular formula is C19H23NO2S. The Balaban J connectivity index is 1.65. The lowest BCUT2D eigenvalue weighted by atomic mass is 10.1. The van der Waals surface area contributed by atoms with Crippen LogP contribution >= 0.6 is 11.8 Å². The molecule has 1 aromatic carbocycles. The molecule has 3 rings (SSSR count). The molecule has 2 aromatic rings. The molecule has 0 fully saturated rings. The minimum absolute atomic E-state index is 0.0712. The van der Waals surface area contributed by atoms with E-state index in [4.69, 9.17) is 4.42 Å². The van der Waals surface area contributed by atoms with Crippen LogP contribution in [-0.2, 0) is 24.2 Å². The Morgan fingerprint density at radius 3 is 2.83 bits per heavy atom. The van der Waals surface area contributed by atoms with Gasteiger partial charge >= 0.3 is 0 Å². The van der Waals surface area contributed by atoms with Crippen molar-refractivity contribution in [3.05, 3.63) is 53.5 Å². The van der Waals surface area contributed by atoms with Gasteiger partial charge in [-0.15, -0.1) is 11.8 Å². The second kappa shape index (κ2) is 7.26. The van der Waals surface area contributed by atoms with Gasteiger partial charge in [-0.2, -0.15) is 0 Å². The van der Waals surface area contributed by atoms with Crippen LogP contribution in [0.2, 0.25) is 0 Å². The van der Waals surface area contributed by atoms with Crippen molar-refractivity contribution in [2.24, 2.45) is 5.92 Å². The largest absolute Gasteiger partial charge is 0.467 e. The average Bonchev–Trinajstić information content (AvgIpc) is 3.20. The molecule has 23 heavy (non-hydrogen) atoms. The van der Waals surface area contributed by atoms with E-state index in [0.29, 0.717) is 6.54 Å². The summed E-state index contributed by atoms with van der Waals surface area (Å²) >= 11 is 1.67. The first kappa shape index (κ1) is 16.2. The zero-order valence-electron chi connectivity index (χ0n) is 13.7. The van der Waals surface area contributed by atoms with Gasteiger partial charge in [0.25, 0.3) is 0 Å². The first-order chi connectivity index (χ1) is 11.1. The number of rotatable bonds is 6. The van der Waals surface area contributed by atoms with E-state index in [1.165, 1.54) is 35.3 Å². The van der Waals surface area contributed by atoms with Gasteiger partial charge in [0.15, 0.2) is 0 Å². The fourth-order valence-corrected chi connectivity index (χ4v) is 4.06. The quantitative estimate of drug-likeness (QED) is 0.808. The van der Waals surface area contributed by atoms with Crippen molar-refractivity contribution in [2.45, 2.75) is 49.8 Å². The number of nitrogens with one attached hydrogen (secondary N) is 1. The Labute approximate surface area is 141 Å². The summed E-state index contributed by atoms with van der Waals surface area (Å²) in [5.74, 6) is 1.12. The second-order valence-electron chi connectivity index (χ2n) is 6.36. The van der Waals surface area contributed by atoms with Crippen LogP contribution in [0.4, 0.5) is 0 Å². The normalized spacial score (nSPS) is 14.7. The maximum atomic E-state index is 12.5. The van der Waals surface area contributed by atoms with Crippen LogP contribution in [0.15, 0.2) is 45.9 Å². The number of fused-ring (bicyclic) bond motifs is 1. The summed E-state index contributed by atoms with van der Waals surface area (Å²) in [4.78, 5) is 13.7. The van der Waals surface area contributed by atoms with Crippen LogP contribution in [0.5, 0.6) is 0 Å². The molecule has 0 saturated carbocycles. The highest BCUT2D eigenvalue weighted by Crippen LogP contribution is 2.32. The molecule has 1 aliphatic rings. The fraction of sp³-hybridized carbons (Fsp3) is 0.421. The summed E-state index contributed by atoms with van der Waals surface area (Å²) in [5, 5.41) is 2.89. The molecule has 1 aromatic heterocycles. The third-order valence-electron chi connectivity index (χ3n) is 4.21. The molecule has 1 N–H and O–H groups in total. The van der Waals surface area contributed by atoms with E-state index in [1.807, 2.05) is 12.1 Å². The first-order valence-electron chi connectivity index (χ1n) is 8.22. The van der Waals surface area contributed by atoms with E-state index in [1.54, 1.807) is 18.0 Å². The van der Waals surface area contributed by atoms with E-state index in [2.05, 4.69) is 37.4 Å². The molecule has 1 amide bonds. The van der Waals surface area contributed by atoms with E-state index >= 15 is 0 Å². The molecule has 0 radical (unpaired) electrons. The average molecular weight is 329 g/mol. The number of benzene rings is 1. The fourth-order valence-electron chi connectivity index (χ4n) is 2.95. The van der Waals surface area contributed by atoms with Gasteiger partial charge in [0.05, 0.1) is 18.1 Å². The molecule has 0 aliphatic heterocycles. The Kier molecular flexibility index (Phi) is 5.11. The Hall–Kier alpha value is -1.68. The highest BCUT2D eigenvalue weighted by Gasteiger charge is 2.24. The molecule has 1 unspecified atom stereocenters. The van der Waals surface area contributed by atoms with E-state index in [9.17, 15) is 4.79 Å². The van der Waals surface area contributed by atoms with Gasteiger partial charge in [-0.3, -0.25) is 4.79 Å². The number of carbonyl (C=O) groups excluding carboxylic acids is 1. The predicted molar refractivity (Wildman–Crippen MR) is 93.5 cm³/mol. The van der Waals surface area contributed by atoms with Crippen molar-refractivity contribution in [2.75, 3.05) is 0 Å². The topological polar surface area (TPSA) is 42.2 Å². The summed E-state index contributed by atoms with van der Waals surface area (Å²) in [6.07, 6.45) is 5.24. The van der Waals surface area contributed by atoms with Gasteiger partial charge < -0.3 is 9.73 Å². The standard InChI is InChI=1S/C19H23NO2S/c1-13(2)18(19(21)20-12-16-7-4-10-22-16)23-17-9-8-14-5-3-6-15(14)11-17/h4,7-11,13,18H,3,5-6,12H2,1-2H3,(H,20,21). The van der Waals surface area contributed by atoms with Crippen molar-refractivity contribution < 1.29 is 9.21 Å². The number of carbonyl (C=O) groups is 1. The highest BCUT2D eigenvalue weighted by atomic mass is 32.2. The zero-order chi connectivity index (χ0) is 16.2. The summed E-state index contributed by atoms with van der Waals surface area (Å²) < 4.78 is 5.27. The maximum absolute atomic E-state index is 12.5. The van der Waals surface area contributed by atoms with Crippen LogP contribution in [-0.4, -0.2) is 11.2 Å². The SMILES string of the molecule is CC(C)C(Sc1ccc2c(c1)CCC2)C(=O)NCc1ccco1. The molecule has 0 saturated heterocycles. The molecule has 0 spiro atoms. The van der Waals surface area contributed by atoms with Crippen LogP contribution in [0.25, 0.3) is 0 Å². The van der Waals surface area contributed by atoms with Gasteiger partial charge in [-0.1, -0.05) is 19.9 Å². The molecule has 1 aliphatic carbocycles. The summed E-state index contributed by atoms with van der Waals surface area (Å²) in [6.45, 7) is 4.63. The number of hydrogen-bond donors (Lipinski definition) is 1. The van der Waals surface area contributed by atoms with Gasteiger partial charge in [0, 0.05) is 4.90 Å². The molecule has 3 nitrogen and oxygen atoms in total. The summed E-state index contributed by atoms with van der Waals surface area (Å²) in [6, 6.07) is 10.4. The minimum atomic E-state index is -0.0931. The number of aryl methyl sites for hydroxylation is 2. The lowest BCUT2D eigenvalue weighted by molar-refractivity contribution is -0.121. The van der Waals surface area contributed by atoms with Crippen LogP contribution in [0.3, 0.4) is 0 Å². The Morgan fingerprint density at radius 2 is 2.09 bits per heavy atom. The lowest BCUT2D eigenvalue weighted by Crippen LogP contribution is -2.35. The summed E-state index contributed by atoms with van der Waals surface area (Å²) in [5.41, 5.74) is 2.92. The molecule has 4 heteroatoms. The lowest BCUT2D eigenvalue weighted by Gasteiger charge is -2.20. The van der Waals surface area contributed by atoms with Gasteiger partial charge in [-0.25, -0.2) is 0 Å². The van der Waals surface area contributed by atoms with Crippen LogP contribution in [0.1, 0.15) is 37.2 Å². The molecule has 1 atom stereocenters. The van der Waals surface area contributed by atoms with Crippen molar-refractivity contribution in [1.29, 1.82) is 0 Å². The van der Waals surface area contributed by atoms with E-state index < -0.39 is 0 Å². The van der Waals surface area contributed by atoms with Crippen molar-refractivity contribution in [1.82, 2.24) is 5.32 Å². The zero-order valence-corrected chi connectivity index (χ0v) is 14.5. The third-order valence-corrected chi connectivity index (χ3v) is 5.75. The number of amides is 1. The minimum Gasteiger partial charge on any atom is -0.467 e. The first-order valence-corrected chi connectivity index (χ1v) is 9.10. The smallest absolute Gasteiger partial charge is 0.234 e. The van der Waals surface area contributed by atoms with Gasteiger partial charge in [0.2, 0.25) is 5.91 Å². The molecule has 0 bridgehead atoms. The monoisotopic (exact) mass is 329 g/mol. The predicted octanol–water partition coefficient (Wildman–Crippen LogP) is 4.20. The van der Waals surface area contributed by atoms with Crippen molar-refractivity contribution in [3.63, 3.8) is 0 Å². The van der Waals surface area contributed by atoms with Gasteiger partial charge in [0.1, 0.15) is 5.76 Å². The van der Waals surface area contributed by atoms with Gasteiger partial charge in [-0.05, 0) is 60.6 Å².